The molecule has 0 bridgehead atoms. The van der Waals surface area contributed by atoms with Crippen molar-refractivity contribution in [3.05, 3.63) is 23.8 Å². The quantitative estimate of drug-likeness (QED) is 0.803. The van der Waals surface area contributed by atoms with Gasteiger partial charge in [-0.1, -0.05) is 0 Å². The van der Waals surface area contributed by atoms with Crippen molar-refractivity contribution in [2.45, 2.75) is 46.0 Å². The van der Waals surface area contributed by atoms with Crippen LogP contribution in [-0.2, 0) is 11.0 Å². The number of rotatable bonds is 5. The van der Waals surface area contributed by atoms with E-state index >= 15 is 0 Å². The molecule has 0 aliphatic carbocycles. The highest BCUT2D eigenvalue weighted by atomic mass is 35.5. The second kappa shape index (κ2) is 7.22. The molecule has 0 saturated carbocycles. The van der Waals surface area contributed by atoms with E-state index in [9.17, 15) is 18.0 Å². The smallest absolute Gasteiger partial charge is 0.365 e. The number of benzene rings is 1. The summed E-state index contributed by atoms with van der Waals surface area (Å²) in [6.45, 7) is 7.74. The van der Waals surface area contributed by atoms with Gasteiger partial charge in [-0.3, -0.25) is 4.79 Å². The van der Waals surface area contributed by atoms with Gasteiger partial charge in [-0.2, -0.15) is 13.2 Å². The Morgan fingerprint density at radius 2 is 1.77 bits per heavy atom. The zero-order valence-corrected chi connectivity index (χ0v) is 13.7. The normalized spacial score (nSPS) is 11.9. The first-order valence-electron chi connectivity index (χ1n) is 6.93. The van der Waals surface area contributed by atoms with E-state index in [1.54, 1.807) is 0 Å². The third kappa shape index (κ3) is 4.53. The van der Waals surface area contributed by atoms with E-state index in [0.717, 1.165) is 12.1 Å². The number of carbonyl (C=O) groups is 1. The number of alkyl halides is 4. The van der Waals surface area contributed by atoms with Gasteiger partial charge in [-0.15, -0.1) is 11.6 Å². The summed E-state index contributed by atoms with van der Waals surface area (Å²) in [5, 5.41) is 2.45. The lowest BCUT2D eigenvalue weighted by molar-refractivity contribution is -0.137. The van der Waals surface area contributed by atoms with E-state index in [4.69, 9.17) is 11.6 Å². The molecular formula is C15H20ClF3N2O. The van der Waals surface area contributed by atoms with Gasteiger partial charge < -0.3 is 10.2 Å². The minimum Gasteiger partial charge on any atom is -0.365 e. The Kier molecular flexibility index (Phi) is 6.11. The number of anilines is 2. The number of nitrogens with zero attached hydrogens (tertiary/aromatic N) is 1. The Labute approximate surface area is 133 Å². The summed E-state index contributed by atoms with van der Waals surface area (Å²) in [5.74, 6) is -0.867. The summed E-state index contributed by atoms with van der Waals surface area (Å²) in [6.07, 6.45) is -4.47. The lowest BCUT2D eigenvalue weighted by atomic mass is 10.1. The first kappa shape index (κ1) is 18.6. The lowest BCUT2D eigenvalue weighted by Gasteiger charge is -2.35. The van der Waals surface area contributed by atoms with Gasteiger partial charge in [0.25, 0.3) is 0 Å². The van der Waals surface area contributed by atoms with Crippen LogP contribution >= 0.6 is 11.6 Å². The Morgan fingerprint density at radius 1 is 1.23 bits per heavy atom. The predicted molar refractivity (Wildman–Crippen MR) is 83.5 cm³/mol. The second-order valence-electron chi connectivity index (χ2n) is 5.51. The number of amides is 1. The standard InChI is InChI=1S/C15H20ClF3N2O/c1-9(2)21(10(3)4)13-6-5-11(15(17,18)19)7-12(13)20-14(22)8-16/h5-7,9-10H,8H2,1-4H3,(H,20,22). The van der Waals surface area contributed by atoms with Gasteiger partial charge in [0, 0.05) is 12.1 Å². The molecule has 22 heavy (non-hydrogen) atoms. The average Bonchev–Trinajstić information content (AvgIpc) is 2.38. The summed E-state index contributed by atoms with van der Waals surface area (Å²) in [6, 6.07) is 3.46. The van der Waals surface area contributed by atoms with Crippen LogP contribution in [0.2, 0.25) is 0 Å². The summed E-state index contributed by atoms with van der Waals surface area (Å²) < 4.78 is 38.7. The molecule has 1 aromatic carbocycles. The fraction of sp³-hybridized carbons (Fsp3) is 0.533. The van der Waals surface area contributed by atoms with Gasteiger partial charge >= 0.3 is 6.18 Å². The van der Waals surface area contributed by atoms with Crippen molar-refractivity contribution in [2.24, 2.45) is 0 Å². The highest BCUT2D eigenvalue weighted by Crippen LogP contribution is 2.36. The molecule has 1 N–H and O–H groups in total. The van der Waals surface area contributed by atoms with Gasteiger partial charge in [0.1, 0.15) is 5.88 Å². The zero-order valence-electron chi connectivity index (χ0n) is 13.0. The Balaban J connectivity index is 3.39. The maximum atomic E-state index is 12.9. The van der Waals surface area contributed by atoms with Gasteiger partial charge in [0.15, 0.2) is 0 Å². The average molecular weight is 337 g/mol. The van der Waals surface area contributed by atoms with E-state index in [0.29, 0.717) is 5.69 Å². The number of halogens is 4. The summed E-state index contributed by atoms with van der Waals surface area (Å²) >= 11 is 5.44. The number of hydrogen-bond acceptors (Lipinski definition) is 2. The summed E-state index contributed by atoms with van der Waals surface area (Å²) in [4.78, 5) is 13.4. The first-order valence-corrected chi connectivity index (χ1v) is 7.46. The molecular weight excluding hydrogens is 317 g/mol. The molecule has 0 aliphatic rings. The number of carbonyl (C=O) groups excluding carboxylic acids is 1. The first-order chi connectivity index (χ1) is 10.1. The zero-order chi connectivity index (χ0) is 17.1. The van der Waals surface area contributed by atoms with Crippen LogP contribution in [0.1, 0.15) is 33.3 Å². The number of hydrogen-bond donors (Lipinski definition) is 1. The molecule has 124 valence electrons. The SMILES string of the molecule is CC(C)N(c1ccc(C(F)(F)F)cc1NC(=O)CCl)C(C)C. The Morgan fingerprint density at radius 3 is 2.18 bits per heavy atom. The van der Waals surface area contributed by atoms with Gasteiger partial charge in [0.2, 0.25) is 5.91 Å². The molecule has 0 spiro atoms. The fourth-order valence-corrected chi connectivity index (χ4v) is 2.44. The Hall–Kier alpha value is -1.43. The minimum absolute atomic E-state index is 0.0587. The fourth-order valence-electron chi connectivity index (χ4n) is 2.37. The van der Waals surface area contributed by atoms with E-state index in [1.165, 1.54) is 6.07 Å². The van der Waals surface area contributed by atoms with Crippen LogP contribution in [0.4, 0.5) is 24.5 Å². The van der Waals surface area contributed by atoms with Crippen LogP contribution in [0.15, 0.2) is 18.2 Å². The van der Waals surface area contributed by atoms with E-state index in [2.05, 4.69) is 5.32 Å². The van der Waals surface area contributed by atoms with Crippen LogP contribution in [0.5, 0.6) is 0 Å². The third-order valence-corrected chi connectivity index (χ3v) is 3.35. The molecule has 7 heteroatoms. The van der Waals surface area contributed by atoms with Crippen molar-refractivity contribution in [3.63, 3.8) is 0 Å². The van der Waals surface area contributed by atoms with Crippen LogP contribution in [0, 0.1) is 0 Å². The maximum absolute atomic E-state index is 12.9. The van der Waals surface area contributed by atoms with Crippen LogP contribution < -0.4 is 10.2 Å². The molecule has 1 amide bonds. The topological polar surface area (TPSA) is 32.3 Å². The van der Waals surface area contributed by atoms with Gasteiger partial charge in [-0.25, -0.2) is 0 Å². The molecule has 0 aromatic heterocycles. The molecule has 0 atom stereocenters. The van der Waals surface area contributed by atoms with E-state index in [-0.39, 0.29) is 23.7 Å². The maximum Gasteiger partial charge on any atom is 0.416 e. The van der Waals surface area contributed by atoms with Crippen LogP contribution in [-0.4, -0.2) is 23.9 Å². The van der Waals surface area contributed by atoms with Crippen LogP contribution in [0.3, 0.4) is 0 Å². The highest BCUT2D eigenvalue weighted by molar-refractivity contribution is 6.29. The van der Waals surface area contributed by atoms with E-state index in [1.807, 2.05) is 32.6 Å². The predicted octanol–water partition coefficient (Wildman–Crippen LogP) is 4.51. The van der Waals surface area contributed by atoms with E-state index < -0.39 is 17.6 Å². The van der Waals surface area contributed by atoms with Gasteiger partial charge in [-0.05, 0) is 45.9 Å². The van der Waals surface area contributed by atoms with Crippen molar-refractivity contribution in [2.75, 3.05) is 16.1 Å². The Bertz CT molecular complexity index is 522. The summed E-state index contributed by atoms with van der Waals surface area (Å²) in [5.41, 5.74) is -0.159. The highest BCUT2D eigenvalue weighted by Gasteiger charge is 2.32. The molecule has 0 unspecified atom stereocenters. The molecule has 0 heterocycles. The monoisotopic (exact) mass is 336 g/mol. The summed E-state index contributed by atoms with van der Waals surface area (Å²) in [7, 11) is 0. The molecule has 0 saturated heterocycles. The number of nitrogens with one attached hydrogen (secondary N) is 1. The third-order valence-electron chi connectivity index (χ3n) is 3.11. The van der Waals surface area contributed by atoms with Gasteiger partial charge in [0.05, 0.1) is 16.9 Å². The van der Waals surface area contributed by atoms with Crippen LogP contribution in [0.25, 0.3) is 0 Å². The van der Waals surface area contributed by atoms with Crippen molar-refractivity contribution in [3.8, 4) is 0 Å². The van der Waals surface area contributed by atoms with Crippen molar-refractivity contribution in [1.82, 2.24) is 0 Å². The van der Waals surface area contributed by atoms with Crippen molar-refractivity contribution >= 4 is 28.9 Å². The molecule has 0 aliphatic heterocycles. The molecule has 3 nitrogen and oxygen atoms in total. The second-order valence-corrected chi connectivity index (χ2v) is 5.77. The minimum atomic E-state index is -4.47. The molecule has 0 radical (unpaired) electrons. The lowest BCUT2D eigenvalue weighted by Crippen LogP contribution is -2.37. The molecule has 1 aromatic rings. The van der Waals surface area contributed by atoms with Crippen molar-refractivity contribution in [1.29, 1.82) is 0 Å². The molecule has 0 fully saturated rings. The molecule has 1 rings (SSSR count). The van der Waals surface area contributed by atoms with Crippen molar-refractivity contribution < 1.29 is 18.0 Å². The largest absolute Gasteiger partial charge is 0.416 e.